The summed E-state index contributed by atoms with van der Waals surface area (Å²) >= 11 is 0. The van der Waals surface area contributed by atoms with Gasteiger partial charge in [0.05, 0.1) is 0 Å². The number of hydrogen-bond acceptors (Lipinski definition) is 6. The Morgan fingerprint density at radius 2 is 0.756 bits per heavy atom. The van der Waals surface area contributed by atoms with Crippen LogP contribution in [-0.2, 0) is 17.1 Å². The summed E-state index contributed by atoms with van der Waals surface area (Å²) < 4.78 is 28.0. The SMILES string of the molecule is CCC(N)CC[Si](O[Si](OC)(OC)O[Si](CCC(N)CC)(c1ccccc1)c1ccccc1)(c1ccccc1)c1ccccc1. The van der Waals surface area contributed by atoms with Crippen LogP contribution in [0.1, 0.15) is 39.5 Å². The van der Waals surface area contributed by atoms with Crippen molar-refractivity contribution >= 4 is 46.4 Å². The highest BCUT2D eigenvalue weighted by Gasteiger charge is 2.59. The Morgan fingerprint density at radius 3 is 0.978 bits per heavy atom. The van der Waals surface area contributed by atoms with Gasteiger partial charge < -0.3 is 28.5 Å². The molecule has 4 aromatic rings. The second kappa shape index (κ2) is 16.7. The topological polar surface area (TPSA) is 89.0 Å². The normalized spacial score (nSPS) is 13.8. The summed E-state index contributed by atoms with van der Waals surface area (Å²) in [7, 11) is -6.65. The maximum Gasteiger partial charge on any atom is 0.658 e. The third-order valence-electron chi connectivity index (χ3n) is 8.84. The minimum Gasteiger partial charge on any atom is -0.385 e. The van der Waals surface area contributed by atoms with Gasteiger partial charge in [-0.05, 0) is 58.5 Å². The molecule has 4 N–H and O–H groups in total. The molecular formula is C36H50N2O4Si3. The van der Waals surface area contributed by atoms with Crippen LogP contribution in [0, 0.1) is 0 Å². The van der Waals surface area contributed by atoms with Gasteiger partial charge >= 0.3 is 9.05 Å². The maximum absolute atomic E-state index is 7.58. The average molecular weight is 659 g/mol. The van der Waals surface area contributed by atoms with Crippen molar-refractivity contribution in [3.05, 3.63) is 121 Å². The number of nitrogens with two attached hydrogens (primary N) is 2. The van der Waals surface area contributed by atoms with Gasteiger partial charge in [-0.1, -0.05) is 135 Å². The van der Waals surface area contributed by atoms with Gasteiger partial charge in [0.2, 0.25) is 0 Å². The summed E-state index contributed by atoms with van der Waals surface area (Å²) in [6.45, 7) is 4.26. The van der Waals surface area contributed by atoms with Crippen LogP contribution in [0.25, 0.3) is 0 Å². The molecule has 0 radical (unpaired) electrons. The molecule has 0 amide bonds. The van der Waals surface area contributed by atoms with E-state index >= 15 is 0 Å². The third kappa shape index (κ3) is 8.37. The van der Waals surface area contributed by atoms with E-state index < -0.39 is 25.7 Å². The molecule has 0 aliphatic heterocycles. The van der Waals surface area contributed by atoms with Gasteiger partial charge in [0, 0.05) is 26.3 Å². The van der Waals surface area contributed by atoms with E-state index in [4.69, 9.17) is 28.5 Å². The summed E-state index contributed by atoms with van der Waals surface area (Å²) in [6.07, 6.45) is 3.38. The molecule has 0 saturated carbocycles. The van der Waals surface area contributed by atoms with E-state index in [0.717, 1.165) is 58.5 Å². The second-order valence-corrected chi connectivity index (χ2v) is 21.7. The summed E-state index contributed by atoms with van der Waals surface area (Å²) in [5.41, 5.74) is 13.2. The van der Waals surface area contributed by atoms with Crippen LogP contribution in [-0.4, -0.2) is 52.0 Å². The summed E-state index contributed by atoms with van der Waals surface area (Å²) in [5, 5.41) is 4.53. The molecule has 0 aliphatic rings. The summed E-state index contributed by atoms with van der Waals surface area (Å²) in [6, 6.07) is 43.7. The summed E-state index contributed by atoms with van der Waals surface area (Å²) in [4.78, 5) is 0. The van der Waals surface area contributed by atoms with Gasteiger partial charge in [0.25, 0.3) is 16.6 Å². The van der Waals surface area contributed by atoms with Gasteiger partial charge in [-0.25, -0.2) is 0 Å². The predicted octanol–water partition coefficient (Wildman–Crippen LogP) is 4.52. The Balaban J connectivity index is 1.94. The Hall–Kier alpha value is -2.71. The van der Waals surface area contributed by atoms with Crippen LogP contribution in [0.4, 0.5) is 0 Å². The van der Waals surface area contributed by atoms with Crippen molar-refractivity contribution in [3.8, 4) is 0 Å². The highest BCUT2D eigenvalue weighted by molar-refractivity contribution is 7.04. The first-order chi connectivity index (χ1) is 21.9. The molecule has 0 spiro atoms. The smallest absolute Gasteiger partial charge is 0.385 e. The van der Waals surface area contributed by atoms with E-state index in [9.17, 15) is 0 Å². The molecule has 0 saturated heterocycles. The fourth-order valence-electron chi connectivity index (χ4n) is 5.96. The molecule has 2 unspecified atom stereocenters. The first kappa shape index (κ1) is 35.2. The maximum atomic E-state index is 7.58. The zero-order chi connectivity index (χ0) is 32.2. The van der Waals surface area contributed by atoms with Crippen LogP contribution in [0.2, 0.25) is 12.1 Å². The molecular weight excluding hydrogens is 609 g/mol. The molecule has 45 heavy (non-hydrogen) atoms. The van der Waals surface area contributed by atoms with Gasteiger partial charge in [-0.15, -0.1) is 0 Å². The Morgan fingerprint density at radius 1 is 0.489 bits per heavy atom. The Bertz CT molecular complexity index is 1210. The lowest BCUT2D eigenvalue weighted by Crippen LogP contribution is -2.73. The van der Waals surface area contributed by atoms with E-state index in [1.807, 2.05) is 24.3 Å². The van der Waals surface area contributed by atoms with Crippen molar-refractivity contribution in [1.82, 2.24) is 0 Å². The highest BCUT2D eigenvalue weighted by atomic mass is 28.5. The minimum atomic E-state index is -3.87. The number of rotatable bonds is 18. The van der Waals surface area contributed by atoms with Crippen LogP contribution in [0.5, 0.6) is 0 Å². The van der Waals surface area contributed by atoms with E-state index in [2.05, 4.69) is 111 Å². The average Bonchev–Trinajstić information content (AvgIpc) is 3.12. The van der Waals surface area contributed by atoms with E-state index in [1.54, 1.807) is 14.2 Å². The van der Waals surface area contributed by atoms with Gasteiger partial charge in [-0.3, -0.25) is 0 Å². The second-order valence-electron chi connectivity index (χ2n) is 11.6. The molecule has 0 bridgehead atoms. The fraction of sp³-hybridized carbons (Fsp3) is 0.333. The molecule has 0 heterocycles. The van der Waals surface area contributed by atoms with Crippen molar-refractivity contribution in [2.24, 2.45) is 11.5 Å². The Labute approximate surface area is 273 Å². The quantitative estimate of drug-likeness (QED) is 0.153. The fourth-order valence-corrected chi connectivity index (χ4v) is 20.4. The molecule has 9 heteroatoms. The highest BCUT2D eigenvalue weighted by Crippen LogP contribution is 2.29. The largest absolute Gasteiger partial charge is 0.658 e. The lowest BCUT2D eigenvalue weighted by atomic mass is 10.2. The molecule has 240 valence electrons. The van der Waals surface area contributed by atoms with E-state index in [-0.39, 0.29) is 12.1 Å². The Kier molecular flexibility index (Phi) is 13.1. The summed E-state index contributed by atoms with van der Waals surface area (Å²) in [5.74, 6) is 0. The van der Waals surface area contributed by atoms with Crippen LogP contribution in [0.3, 0.4) is 0 Å². The van der Waals surface area contributed by atoms with Crippen molar-refractivity contribution in [2.45, 2.75) is 63.7 Å². The first-order valence-corrected chi connectivity index (χ1v) is 22.0. The van der Waals surface area contributed by atoms with Crippen molar-refractivity contribution < 1.29 is 17.1 Å². The number of hydrogen-bond donors (Lipinski definition) is 2. The van der Waals surface area contributed by atoms with E-state index in [0.29, 0.717) is 0 Å². The zero-order valence-corrected chi connectivity index (χ0v) is 30.2. The molecule has 4 rings (SSSR count). The zero-order valence-electron chi connectivity index (χ0n) is 27.2. The molecule has 0 aliphatic carbocycles. The van der Waals surface area contributed by atoms with E-state index in [1.165, 1.54) is 0 Å². The van der Waals surface area contributed by atoms with Crippen molar-refractivity contribution in [3.63, 3.8) is 0 Å². The molecule has 0 aromatic heterocycles. The molecule has 6 nitrogen and oxygen atoms in total. The number of benzene rings is 4. The third-order valence-corrected chi connectivity index (χ3v) is 21.7. The standard InChI is InChI=1S/C36H50N2O4Si3/c1-5-31(37)27-29-43(33-19-11-7-12-20-33,34-21-13-8-14-22-34)41-45(39-3,40-4)42-44(30-28-32(38)6-2,35-23-15-9-16-24-35)36-25-17-10-18-26-36/h7-26,31-32H,5-6,27-30,37-38H2,1-4H3. The van der Waals surface area contributed by atoms with Gasteiger partial charge in [0.15, 0.2) is 0 Å². The lowest BCUT2D eigenvalue weighted by molar-refractivity contribution is 0.0786. The van der Waals surface area contributed by atoms with Crippen molar-refractivity contribution in [2.75, 3.05) is 14.2 Å². The van der Waals surface area contributed by atoms with Crippen LogP contribution in [0.15, 0.2) is 121 Å². The van der Waals surface area contributed by atoms with Crippen LogP contribution < -0.4 is 32.2 Å². The van der Waals surface area contributed by atoms with Crippen molar-refractivity contribution in [1.29, 1.82) is 0 Å². The van der Waals surface area contributed by atoms with Gasteiger partial charge in [-0.2, -0.15) is 0 Å². The minimum absolute atomic E-state index is 0.0487. The molecule has 2 atom stereocenters. The van der Waals surface area contributed by atoms with Gasteiger partial charge in [0.1, 0.15) is 0 Å². The molecule has 0 fully saturated rings. The van der Waals surface area contributed by atoms with Crippen LogP contribution >= 0.6 is 0 Å². The first-order valence-electron chi connectivity index (χ1n) is 16.1. The lowest BCUT2D eigenvalue weighted by Gasteiger charge is -2.44. The molecule has 4 aromatic carbocycles. The predicted molar refractivity (Wildman–Crippen MR) is 193 cm³/mol. The monoisotopic (exact) mass is 658 g/mol.